The number of carbonyl (C=O) groups excluding carboxylic acids is 5. The summed E-state index contributed by atoms with van der Waals surface area (Å²) in [6, 6.07) is 6.97. The molecule has 1 aromatic carbocycles. The Kier molecular flexibility index (Phi) is 23.0. The Morgan fingerprint density at radius 1 is 0.959 bits per heavy atom. The molecule has 416 valence electrons. The Morgan fingerprint density at radius 2 is 1.68 bits per heavy atom. The van der Waals surface area contributed by atoms with Crippen molar-refractivity contribution in [3.8, 4) is 5.75 Å². The van der Waals surface area contributed by atoms with E-state index in [1.165, 1.54) is 14.0 Å². The number of hydrogen-bond donors (Lipinski definition) is 2. The molecule has 3 saturated heterocycles. The monoisotopic (exact) mass is 1050 g/mol. The molecule has 0 spiro atoms. The average Bonchev–Trinajstić information content (AvgIpc) is 3.34. The Hall–Kier alpha value is -4.38. The van der Waals surface area contributed by atoms with E-state index < -0.39 is 127 Å². The first-order valence-corrected chi connectivity index (χ1v) is 26.2. The maximum absolute atomic E-state index is 13.9. The lowest BCUT2D eigenvalue weighted by atomic mass is 9.82. The van der Waals surface area contributed by atoms with Gasteiger partial charge in [0.05, 0.1) is 49.5 Å². The summed E-state index contributed by atoms with van der Waals surface area (Å²) >= 11 is 0. The van der Waals surface area contributed by atoms with Crippen molar-refractivity contribution in [3.63, 3.8) is 0 Å². The third-order valence-electron chi connectivity index (χ3n) is 14.5. The number of cyclic esters (lactones) is 1. The summed E-state index contributed by atoms with van der Waals surface area (Å²) in [4.78, 5) is 73.0. The van der Waals surface area contributed by atoms with Crippen LogP contribution in [0.2, 0.25) is 0 Å². The van der Waals surface area contributed by atoms with E-state index in [0.29, 0.717) is 19.5 Å². The van der Waals surface area contributed by atoms with Crippen molar-refractivity contribution in [2.45, 2.75) is 198 Å². The van der Waals surface area contributed by atoms with E-state index in [1.54, 1.807) is 73.8 Å². The number of pyridine rings is 1. The van der Waals surface area contributed by atoms with Gasteiger partial charge in [-0.05, 0) is 116 Å². The summed E-state index contributed by atoms with van der Waals surface area (Å²) in [5.41, 5.74) is 0.641. The summed E-state index contributed by atoms with van der Waals surface area (Å²) in [7, 11) is 6.51. The molecule has 74 heavy (non-hydrogen) atoms. The largest absolute Gasteiger partial charge is 0.497 e. The van der Waals surface area contributed by atoms with Crippen LogP contribution < -0.4 is 4.74 Å². The van der Waals surface area contributed by atoms with Crippen molar-refractivity contribution in [2.24, 2.45) is 11.8 Å². The fourth-order valence-electron chi connectivity index (χ4n) is 10.7. The van der Waals surface area contributed by atoms with Crippen LogP contribution in [0.1, 0.15) is 112 Å². The molecule has 0 saturated carbocycles. The van der Waals surface area contributed by atoms with Crippen molar-refractivity contribution < 1.29 is 81.6 Å². The van der Waals surface area contributed by atoms with Crippen LogP contribution in [-0.2, 0) is 73.0 Å². The number of likely N-dealkylation sites (N-methyl/N-ethyl adjacent to an activating group) is 1. The zero-order valence-electron chi connectivity index (χ0n) is 45.5. The van der Waals surface area contributed by atoms with Crippen LogP contribution in [0.4, 0.5) is 0 Å². The quantitative estimate of drug-likeness (QED) is 0.117. The van der Waals surface area contributed by atoms with E-state index in [9.17, 15) is 34.2 Å². The van der Waals surface area contributed by atoms with Gasteiger partial charge in [0.15, 0.2) is 24.3 Å². The molecular formula is C54H83N3O17. The molecule has 20 nitrogen and oxygen atoms in total. The molecule has 2 aromatic rings. The lowest BCUT2D eigenvalue weighted by molar-refractivity contribution is -0.344. The second-order valence-electron chi connectivity index (χ2n) is 20.6. The minimum atomic E-state index is -1.44. The van der Waals surface area contributed by atoms with Gasteiger partial charge in [0.2, 0.25) is 0 Å². The maximum Gasteiger partial charge on any atom is 0.309 e. The van der Waals surface area contributed by atoms with Crippen molar-refractivity contribution in [1.82, 2.24) is 14.8 Å². The van der Waals surface area contributed by atoms with Crippen molar-refractivity contribution in [1.29, 1.82) is 0 Å². The summed E-state index contributed by atoms with van der Waals surface area (Å²) in [5, 5.41) is 25.4. The molecule has 3 aliphatic heterocycles. The average molecular weight is 1050 g/mol. The first-order valence-electron chi connectivity index (χ1n) is 26.2. The number of methoxy groups -OCH3 is 2. The first-order chi connectivity index (χ1) is 35.1. The molecule has 2 N–H and O–H groups in total. The molecule has 3 fully saturated rings. The molecule has 5 rings (SSSR count). The summed E-state index contributed by atoms with van der Waals surface area (Å²) in [6.07, 6.45) is -8.15. The van der Waals surface area contributed by atoms with Crippen LogP contribution in [0.3, 0.4) is 0 Å². The van der Waals surface area contributed by atoms with E-state index in [1.807, 2.05) is 31.2 Å². The van der Waals surface area contributed by atoms with Crippen LogP contribution in [0.5, 0.6) is 5.75 Å². The number of carbonyl (C=O) groups is 5. The van der Waals surface area contributed by atoms with E-state index in [4.69, 9.17) is 47.4 Å². The van der Waals surface area contributed by atoms with Crippen molar-refractivity contribution in [3.05, 3.63) is 36.0 Å². The van der Waals surface area contributed by atoms with Gasteiger partial charge in [0.25, 0.3) is 0 Å². The third kappa shape index (κ3) is 16.1. The van der Waals surface area contributed by atoms with Crippen LogP contribution in [-0.4, -0.2) is 188 Å². The fourth-order valence-corrected chi connectivity index (χ4v) is 10.7. The standard InChI is InChI=1S/C54H83N3O17/c1-13-43(61)70-42-28-45(63)67-32(4)20-24-57(23-15-16-36-19-22-55-40-18-17-38(65-11)27-39(36)40)30-41(60)31(3)26-37(21-25-58)50(51(42)66-12)73-53-48(64)47(56(9)10)49(33(5)69-53)72-46-29-54(8,74-35(7)59)52(34(6)68-46)71-44(62)14-2/h17-19,22,25,27,31-34,37,41-42,46-53,60,64H,13-16,20-21,23-24,26,28-30H2,1-12H3/t31-,32-,33?,34?,37+,41+,42-,46?,47?,48?,49?,50+,51?,52?,53?,54?/m1/s1. The van der Waals surface area contributed by atoms with Crippen LogP contribution in [0, 0.1) is 11.8 Å². The third-order valence-corrected chi connectivity index (χ3v) is 14.5. The smallest absolute Gasteiger partial charge is 0.309 e. The van der Waals surface area contributed by atoms with Gasteiger partial charge in [-0.3, -0.25) is 24.2 Å². The zero-order valence-corrected chi connectivity index (χ0v) is 45.5. The highest BCUT2D eigenvalue weighted by Gasteiger charge is 2.54. The predicted octanol–water partition coefficient (Wildman–Crippen LogP) is 4.72. The molecule has 3 aliphatic rings. The highest BCUT2D eigenvalue weighted by atomic mass is 16.7. The van der Waals surface area contributed by atoms with Crippen LogP contribution in [0.15, 0.2) is 30.5 Å². The molecule has 10 unspecified atom stereocenters. The van der Waals surface area contributed by atoms with Gasteiger partial charge in [0, 0.05) is 64.4 Å². The SMILES string of the molecule is CCC(=O)OC1C(C)OC(OC2C(C)OC(O[C@@H]3C(OC)[C@H](OC(=O)CC)CC(=O)O[C@H](C)CCN(CCCc4ccnc5ccc(OC)cc45)C[C@H](O)[C@H](C)C[C@@H]3CC=O)C(O)C2N(C)C)CC1(C)OC(C)=O. The lowest BCUT2D eigenvalue weighted by Crippen LogP contribution is -2.66. The summed E-state index contributed by atoms with van der Waals surface area (Å²) in [6.45, 7) is 14.7. The minimum Gasteiger partial charge on any atom is -0.497 e. The van der Waals surface area contributed by atoms with Gasteiger partial charge in [-0.2, -0.15) is 0 Å². The number of aromatic nitrogens is 1. The molecule has 1 aromatic heterocycles. The summed E-state index contributed by atoms with van der Waals surface area (Å²) < 4.78 is 61.3. The molecule has 0 amide bonds. The Morgan fingerprint density at radius 3 is 2.32 bits per heavy atom. The summed E-state index contributed by atoms with van der Waals surface area (Å²) in [5.74, 6) is -2.77. The molecule has 0 aliphatic carbocycles. The van der Waals surface area contributed by atoms with Gasteiger partial charge in [-0.1, -0.05) is 20.8 Å². The Bertz CT molecular complexity index is 2150. The van der Waals surface area contributed by atoms with E-state index in [2.05, 4.69) is 9.88 Å². The normalized spacial score (nSPS) is 33.9. The molecule has 16 atom stereocenters. The number of esters is 4. The number of benzene rings is 1. The number of aliphatic hydroxyl groups is 2. The van der Waals surface area contributed by atoms with Crippen LogP contribution >= 0.6 is 0 Å². The lowest BCUT2D eigenvalue weighted by Gasteiger charge is -2.50. The zero-order chi connectivity index (χ0) is 54.4. The molecule has 4 heterocycles. The van der Waals surface area contributed by atoms with E-state index in [0.717, 1.165) is 41.3 Å². The number of rotatable bonds is 18. The topological polar surface area (TPSA) is 237 Å². The molecular weight excluding hydrogens is 963 g/mol. The van der Waals surface area contributed by atoms with Gasteiger partial charge in [-0.15, -0.1) is 0 Å². The van der Waals surface area contributed by atoms with Gasteiger partial charge in [0.1, 0.15) is 42.6 Å². The number of β-amino-alcohol motifs (C(OH)–C–C–N with tert-alkyl or cyclic N) is 1. The maximum atomic E-state index is 13.9. The molecule has 20 heteroatoms. The number of aryl methyl sites for hydroxylation is 1. The minimum absolute atomic E-state index is 0.0196. The Balaban J connectivity index is 1.44. The number of aliphatic hydroxyl groups excluding tert-OH is 2. The highest BCUT2D eigenvalue weighted by molar-refractivity contribution is 5.83. The van der Waals surface area contributed by atoms with Crippen molar-refractivity contribution in [2.75, 3.05) is 47.9 Å². The number of nitrogens with zero attached hydrogens (tertiary/aromatic N) is 3. The van der Waals surface area contributed by atoms with Gasteiger partial charge < -0.3 is 72.2 Å². The number of hydrogen-bond acceptors (Lipinski definition) is 20. The number of ether oxygens (including phenoxy) is 10. The van der Waals surface area contributed by atoms with Crippen LogP contribution in [0.25, 0.3) is 10.9 Å². The second-order valence-corrected chi connectivity index (χ2v) is 20.6. The van der Waals surface area contributed by atoms with Gasteiger partial charge >= 0.3 is 23.9 Å². The van der Waals surface area contributed by atoms with Crippen molar-refractivity contribution >= 4 is 41.1 Å². The van der Waals surface area contributed by atoms with E-state index >= 15 is 0 Å². The van der Waals surface area contributed by atoms with Gasteiger partial charge in [-0.25, -0.2) is 0 Å². The van der Waals surface area contributed by atoms with E-state index in [-0.39, 0.29) is 38.6 Å². The second kappa shape index (κ2) is 28.1. The number of aldehydes is 1. The Labute approximate surface area is 436 Å². The highest BCUT2D eigenvalue weighted by Crippen LogP contribution is 2.39. The molecule has 0 radical (unpaired) electrons. The first kappa shape index (κ1) is 60.5. The molecule has 0 bridgehead atoms. The number of fused-ring (bicyclic) bond motifs is 1. The predicted molar refractivity (Wildman–Crippen MR) is 270 cm³/mol. The fraction of sp³-hybridized carbons (Fsp3) is 0.741.